The summed E-state index contributed by atoms with van der Waals surface area (Å²) in [4.78, 5) is 4.24. The van der Waals surface area contributed by atoms with Crippen molar-refractivity contribution in [2.45, 2.75) is 44.5 Å². The standard InChI is InChI=1S/C20H23N3O5S/c1-14-15(2)22-28-20(14)18-6-7-19(27-18)29(24,25)23-11-8-17(9-12-23)26-13-16-5-3-4-10-21-16/h3-7,10,17H,8-9,11-13H2,1-2H3. The molecule has 0 saturated carbocycles. The number of hydrogen-bond acceptors (Lipinski definition) is 7. The predicted octanol–water partition coefficient (Wildman–Crippen LogP) is 3.32. The van der Waals surface area contributed by atoms with Crippen LogP contribution in [0.1, 0.15) is 29.8 Å². The normalized spacial score (nSPS) is 16.3. The Kier molecular flexibility index (Phi) is 5.53. The average molecular weight is 417 g/mol. The van der Waals surface area contributed by atoms with Gasteiger partial charge in [-0.15, -0.1) is 0 Å². The summed E-state index contributed by atoms with van der Waals surface area (Å²) in [5.41, 5.74) is 2.44. The number of nitrogens with zero attached hydrogens (tertiary/aromatic N) is 3. The van der Waals surface area contributed by atoms with E-state index in [-0.39, 0.29) is 11.2 Å². The van der Waals surface area contributed by atoms with Crippen LogP contribution < -0.4 is 0 Å². The fourth-order valence-electron chi connectivity index (χ4n) is 3.28. The zero-order valence-corrected chi connectivity index (χ0v) is 17.2. The van der Waals surface area contributed by atoms with Gasteiger partial charge in [-0.3, -0.25) is 4.98 Å². The summed E-state index contributed by atoms with van der Waals surface area (Å²) in [6.07, 6.45) is 2.99. The molecule has 0 spiro atoms. The molecule has 0 unspecified atom stereocenters. The van der Waals surface area contributed by atoms with Crippen molar-refractivity contribution in [1.82, 2.24) is 14.4 Å². The molecule has 3 aromatic heterocycles. The Bertz CT molecular complexity index is 1070. The summed E-state index contributed by atoms with van der Waals surface area (Å²) in [6.45, 7) is 4.86. The van der Waals surface area contributed by atoms with E-state index in [1.807, 2.05) is 32.0 Å². The summed E-state index contributed by atoms with van der Waals surface area (Å²) < 4.78 is 44.1. The van der Waals surface area contributed by atoms with Crippen molar-refractivity contribution in [3.63, 3.8) is 0 Å². The Morgan fingerprint density at radius 1 is 1.17 bits per heavy atom. The fraction of sp³-hybridized carbons (Fsp3) is 0.400. The number of hydrogen-bond donors (Lipinski definition) is 0. The van der Waals surface area contributed by atoms with Crippen LogP contribution in [0.5, 0.6) is 0 Å². The molecule has 9 heteroatoms. The van der Waals surface area contributed by atoms with Crippen LogP contribution in [0.4, 0.5) is 0 Å². The van der Waals surface area contributed by atoms with E-state index in [9.17, 15) is 8.42 Å². The lowest BCUT2D eigenvalue weighted by Crippen LogP contribution is -2.40. The summed E-state index contributed by atoms with van der Waals surface area (Å²) in [7, 11) is -3.71. The molecular formula is C20H23N3O5S. The molecule has 154 valence electrons. The first-order chi connectivity index (χ1) is 13.9. The minimum Gasteiger partial charge on any atom is -0.440 e. The second kappa shape index (κ2) is 8.10. The van der Waals surface area contributed by atoms with Crippen LogP contribution >= 0.6 is 0 Å². The molecule has 3 aromatic rings. The molecule has 4 rings (SSSR count). The van der Waals surface area contributed by atoms with Gasteiger partial charge in [-0.05, 0) is 51.0 Å². The van der Waals surface area contributed by atoms with E-state index in [0.29, 0.717) is 44.1 Å². The smallest absolute Gasteiger partial charge is 0.276 e. The largest absolute Gasteiger partial charge is 0.440 e. The molecule has 1 aliphatic rings. The Morgan fingerprint density at radius 3 is 2.62 bits per heavy atom. The third-order valence-corrected chi connectivity index (χ3v) is 6.92. The number of aryl methyl sites for hydroxylation is 1. The second-order valence-electron chi connectivity index (χ2n) is 7.08. The van der Waals surface area contributed by atoms with Crippen LogP contribution in [0.2, 0.25) is 0 Å². The van der Waals surface area contributed by atoms with E-state index in [2.05, 4.69) is 10.1 Å². The van der Waals surface area contributed by atoms with Crippen LogP contribution in [-0.4, -0.2) is 42.1 Å². The monoisotopic (exact) mass is 417 g/mol. The van der Waals surface area contributed by atoms with Crippen LogP contribution in [-0.2, 0) is 21.4 Å². The molecule has 0 aliphatic carbocycles. The highest BCUT2D eigenvalue weighted by molar-refractivity contribution is 7.89. The molecule has 0 atom stereocenters. The van der Waals surface area contributed by atoms with Crippen molar-refractivity contribution >= 4 is 10.0 Å². The summed E-state index contributed by atoms with van der Waals surface area (Å²) >= 11 is 0. The maximum absolute atomic E-state index is 12.9. The highest BCUT2D eigenvalue weighted by Gasteiger charge is 2.32. The van der Waals surface area contributed by atoms with Gasteiger partial charge in [0.05, 0.1) is 24.1 Å². The van der Waals surface area contributed by atoms with E-state index in [4.69, 9.17) is 13.7 Å². The van der Waals surface area contributed by atoms with Crippen molar-refractivity contribution in [3.8, 4) is 11.5 Å². The molecule has 0 amide bonds. The quantitative estimate of drug-likeness (QED) is 0.607. The topological polar surface area (TPSA) is 98.7 Å². The van der Waals surface area contributed by atoms with Crippen LogP contribution in [0.25, 0.3) is 11.5 Å². The van der Waals surface area contributed by atoms with E-state index in [1.165, 1.54) is 10.4 Å². The van der Waals surface area contributed by atoms with Crippen molar-refractivity contribution in [2.24, 2.45) is 0 Å². The third kappa shape index (κ3) is 4.12. The van der Waals surface area contributed by atoms with Gasteiger partial charge >= 0.3 is 0 Å². The number of rotatable bonds is 6. The Labute approximate surface area is 169 Å². The fourth-order valence-corrected chi connectivity index (χ4v) is 4.66. The van der Waals surface area contributed by atoms with Crippen LogP contribution in [0.3, 0.4) is 0 Å². The second-order valence-corrected chi connectivity index (χ2v) is 8.95. The minimum absolute atomic E-state index is 0.00966. The summed E-state index contributed by atoms with van der Waals surface area (Å²) in [5.74, 6) is 0.806. The van der Waals surface area contributed by atoms with Gasteiger partial charge in [0.2, 0.25) is 10.9 Å². The lowest BCUT2D eigenvalue weighted by Gasteiger charge is -2.30. The zero-order chi connectivity index (χ0) is 20.4. The van der Waals surface area contributed by atoms with Crippen LogP contribution in [0, 0.1) is 13.8 Å². The number of sulfonamides is 1. The first-order valence-corrected chi connectivity index (χ1v) is 10.9. The molecule has 0 bridgehead atoms. The van der Waals surface area contributed by atoms with Gasteiger partial charge < -0.3 is 13.7 Å². The first-order valence-electron chi connectivity index (χ1n) is 9.50. The lowest BCUT2D eigenvalue weighted by molar-refractivity contribution is 0.00854. The third-order valence-electron chi connectivity index (χ3n) is 5.15. The Morgan fingerprint density at radius 2 is 1.97 bits per heavy atom. The van der Waals surface area contributed by atoms with E-state index >= 15 is 0 Å². The van der Waals surface area contributed by atoms with Gasteiger partial charge in [0.15, 0.2) is 5.76 Å². The Balaban J connectivity index is 1.38. The molecule has 8 nitrogen and oxygen atoms in total. The first kappa shape index (κ1) is 19.8. The predicted molar refractivity (Wildman–Crippen MR) is 104 cm³/mol. The Hall–Kier alpha value is -2.49. The minimum atomic E-state index is -3.71. The van der Waals surface area contributed by atoms with Gasteiger partial charge in [0.25, 0.3) is 10.0 Å². The van der Waals surface area contributed by atoms with E-state index < -0.39 is 10.0 Å². The highest BCUT2D eigenvalue weighted by Crippen LogP contribution is 2.30. The number of pyridine rings is 1. The van der Waals surface area contributed by atoms with Gasteiger partial charge in [-0.25, -0.2) is 8.42 Å². The molecule has 1 aliphatic heterocycles. The van der Waals surface area contributed by atoms with E-state index in [1.54, 1.807) is 12.3 Å². The van der Waals surface area contributed by atoms with Crippen molar-refractivity contribution in [1.29, 1.82) is 0 Å². The molecule has 0 radical (unpaired) electrons. The maximum Gasteiger partial charge on any atom is 0.276 e. The van der Waals surface area contributed by atoms with Gasteiger partial charge in [0, 0.05) is 24.8 Å². The molecule has 29 heavy (non-hydrogen) atoms. The molecule has 0 aromatic carbocycles. The number of ether oxygens (including phenoxy) is 1. The average Bonchev–Trinajstić information content (AvgIpc) is 3.35. The molecular weight excluding hydrogens is 394 g/mol. The SMILES string of the molecule is Cc1noc(-c2ccc(S(=O)(=O)N3CCC(OCc4ccccn4)CC3)o2)c1C. The number of piperidine rings is 1. The number of furan rings is 1. The van der Waals surface area contributed by atoms with Crippen LogP contribution in [0.15, 0.2) is 50.6 Å². The van der Waals surface area contributed by atoms with Gasteiger partial charge in [-0.1, -0.05) is 11.2 Å². The van der Waals surface area contributed by atoms with Crippen molar-refractivity contribution < 1.29 is 22.1 Å². The van der Waals surface area contributed by atoms with Gasteiger partial charge in [0.1, 0.15) is 0 Å². The van der Waals surface area contributed by atoms with E-state index in [0.717, 1.165) is 17.0 Å². The van der Waals surface area contributed by atoms with Gasteiger partial charge in [-0.2, -0.15) is 4.31 Å². The van der Waals surface area contributed by atoms with Crippen molar-refractivity contribution in [2.75, 3.05) is 13.1 Å². The summed E-state index contributed by atoms with van der Waals surface area (Å²) in [5, 5.41) is 3.80. The maximum atomic E-state index is 12.9. The molecule has 0 N–H and O–H groups in total. The lowest BCUT2D eigenvalue weighted by atomic mass is 10.1. The zero-order valence-electron chi connectivity index (χ0n) is 16.4. The highest BCUT2D eigenvalue weighted by atomic mass is 32.2. The molecule has 1 saturated heterocycles. The molecule has 4 heterocycles. The van der Waals surface area contributed by atoms with Crippen molar-refractivity contribution in [3.05, 3.63) is 53.5 Å². The summed E-state index contributed by atoms with van der Waals surface area (Å²) in [6, 6.07) is 8.75. The number of aromatic nitrogens is 2. The molecule has 1 fully saturated rings.